The molecule has 0 bridgehead atoms. The van der Waals surface area contributed by atoms with Crippen LogP contribution in [0, 0.1) is 17.2 Å². The number of hydrogen-bond donors (Lipinski definition) is 2. The Labute approximate surface area is 120 Å². The van der Waals surface area contributed by atoms with Crippen LogP contribution in [-0.4, -0.2) is 40.9 Å². The summed E-state index contributed by atoms with van der Waals surface area (Å²) < 4.78 is 0. The summed E-state index contributed by atoms with van der Waals surface area (Å²) in [5.41, 5.74) is 1.46. The molecule has 2 N–H and O–H groups in total. The van der Waals surface area contributed by atoms with Gasteiger partial charge in [0.05, 0.1) is 23.8 Å². The molecule has 2 unspecified atom stereocenters. The smallest absolute Gasteiger partial charge is 0.0991 e. The quantitative estimate of drug-likeness (QED) is 0.876. The van der Waals surface area contributed by atoms with Crippen molar-refractivity contribution < 1.29 is 10.2 Å². The van der Waals surface area contributed by atoms with Gasteiger partial charge in [0.15, 0.2) is 0 Å². The maximum atomic E-state index is 10.2. The van der Waals surface area contributed by atoms with Gasteiger partial charge >= 0.3 is 0 Å². The van der Waals surface area contributed by atoms with Gasteiger partial charge in [0.1, 0.15) is 0 Å². The van der Waals surface area contributed by atoms with E-state index in [-0.39, 0.29) is 6.10 Å². The Morgan fingerprint density at radius 2 is 1.85 bits per heavy atom. The molecule has 1 aromatic rings. The summed E-state index contributed by atoms with van der Waals surface area (Å²) in [6.45, 7) is 4.30. The number of β-amino-alcohol motifs (C(OH)–C–C–N with tert-alkyl or cyclic N) is 1. The molecule has 4 heteroatoms. The highest BCUT2D eigenvalue weighted by atomic mass is 16.3. The number of aliphatic hydroxyl groups excluding tert-OH is 2. The summed E-state index contributed by atoms with van der Waals surface area (Å²) >= 11 is 0. The van der Waals surface area contributed by atoms with Crippen molar-refractivity contribution in [3.63, 3.8) is 0 Å². The van der Waals surface area contributed by atoms with E-state index in [0.717, 1.165) is 31.5 Å². The highest BCUT2D eigenvalue weighted by molar-refractivity contribution is 5.32. The van der Waals surface area contributed by atoms with Gasteiger partial charge in [0.2, 0.25) is 0 Å². The van der Waals surface area contributed by atoms with Crippen molar-refractivity contribution in [1.82, 2.24) is 4.90 Å². The molecular formula is C16H22N2O2. The Kier molecular flexibility index (Phi) is 5.13. The van der Waals surface area contributed by atoms with E-state index in [1.807, 2.05) is 19.1 Å². The first-order valence-corrected chi connectivity index (χ1v) is 7.18. The van der Waals surface area contributed by atoms with Gasteiger partial charge in [-0.2, -0.15) is 5.26 Å². The predicted molar refractivity (Wildman–Crippen MR) is 77.0 cm³/mol. The van der Waals surface area contributed by atoms with Crippen molar-refractivity contribution in [2.75, 3.05) is 19.6 Å². The summed E-state index contributed by atoms with van der Waals surface area (Å²) in [4.78, 5) is 2.24. The van der Waals surface area contributed by atoms with Crippen molar-refractivity contribution in [3.05, 3.63) is 35.4 Å². The van der Waals surface area contributed by atoms with Crippen LogP contribution in [0.15, 0.2) is 24.3 Å². The van der Waals surface area contributed by atoms with Gasteiger partial charge in [-0.1, -0.05) is 12.1 Å². The van der Waals surface area contributed by atoms with E-state index in [4.69, 9.17) is 5.26 Å². The van der Waals surface area contributed by atoms with Crippen molar-refractivity contribution in [1.29, 1.82) is 5.26 Å². The van der Waals surface area contributed by atoms with E-state index in [9.17, 15) is 10.2 Å². The van der Waals surface area contributed by atoms with Crippen molar-refractivity contribution in [2.45, 2.75) is 32.0 Å². The zero-order valence-corrected chi connectivity index (χ0v) is 11.9. The maximum absolute atomic E-state index is 10.2. The summed E-state index contributed by atoms with van der Waals surface area (Å²) in [5.74, 6) is 0.387. The molecule has 1 fully saturated rings. The summed E-state index contributed by atoms with van der Waals surface area (Å²) in [6.07, 6.45) is 1.21. The SMILES string of the molecule is CC(O)C1CCN(CC(O)c2ccc(C#N)cc2)CC1. The van der Waals surface area contributed by atoms with Crippen LogP contribution < -0.4 is 0 Å². The summed E-state index contributed by atoms with van der Waals surface area (Å²) in [6, 6.07) is 9.17. The number of nitrogens with zero attached hydrogens (tertiary/aromatic N) is 2. The third-order valence-electron chi connectivity index (χ3n) is 4.17. The highest BCUT2D eigenvalue weighted by Crippen LogP contribution is 2.23. The molecule has 0 radical (unpaired) electrons. The average Bonchev–Trinajstić information content (AvgIpc) is 2.48. The number of piperidine rings is 1. The van der Waals surface area contributed by atoms with Gasteiger partial charge in [-0.25, -0.2) is 0 Å². The topological polar surface area (TPSA) is 67.5 Å². The molecule has 0 saturated carbocycles. The van der Waals surface area contributed by atoms with Gasteiger partial charge in [-0.15, -0.1) is 0 Å². The lowest BCUT2D eigenvalue weighted by Gasteiger charge is -2.34. The monoisotopic (exact) mass is 274 g/mol. The van der Waals surface area contributed by atoms with Crippen molar-refractivity contribution in [2.24, 2.45) is 5.92 Å². The third-order valence-corrected chi connectivity index (χ3v) is 4.17. The molecule has 1 heterocycles. The zero-order valence-electron chi connectivity index (χ0n) is 11.9. The second-order valence-corrected chi connectivity index (χ2v) is 5.63. The van der Waals surface area contributed by atoms with E-state index in [1.165, 1.54) is 0 Å². The molecule has 2 rings (SSSR count). The Morgan fingerprint density at radius 1 is 1.25 bits per heavy atom. The Balaban J connectivity index is 1.86. The zero-order chi connectivity index (χ0) is 14.5. The van der Waals surface area contributed by atoms with Crippen LogP contribution in [0.1, 0.15) is 37.0 Å². The molecule has 1 aromatic carbocycles. The number of rotatable bonds is 4. The van der Waals surface area contributed by atoms with Crippen molar-refractivity contribution in [3.8, 4) is 6.07 Å². The fourth-order valence-corrected chi connectivity index (χ4v) is 2.75. The lowest BCUT2D eigenvalue weighted by molar-refractivity contribution is 0.0485. The van der Waals surface area contributed by atoms with Gasteiger partial charge in [0, 0.05) is 6.54 Å². The largest absolute Gasteiger partial charge is 0.393 e. The van der Waals surface area contributed by atoms with Crippen LogP contribution in [-0.2, 0) is 0 Å². The maximum Gasteiger partial charge on any atom is 0.0991 e. The van der Waals surface area contributed by atoms with Crippen LogP contribution in [0.25, 0.3) is 0 Å². The van der Waals surface area contributed by atoms with E-state index < -0.39 is 6.10 Å². The number of nitriles is 1. The van der Waals surface area contributed by atoms with Gasteiger partial charge in [-0.3, -0.25) is 0 Å². The van der Waals surface area contributed by atoms with Gasteiger partial charge < -0.3 is 15.1 Å². The van der Waals surface area contributed by atoms with Crippen LogP contribution in [0.4, 0.5) is 0 Å². The van der Waals surface area contributed by atoms with Gasteiger partial charge in [-0.05, 0) is 56.5 Å². The highest BCUT2D eigenvalue weighted by Gasteiger charge is 2.24. The minimum absolute atomic E-state index is 0.236. The first kappa shape index (κ1) is 15.0. The molecule has 0 aromatic heterocycles. The summed E-state index contributed by atoms with van der Waals surface area (Å²) in [7, 11) is 0. The van der Waals surface area contributed by atoms with Crippen LogP contribution >= 0.6 is 0 Å². The Bertz CT molecular complexity index is 456. The first-order chi connectivity index (χ1) is 9.60. The number of hydrogen-bond acceptors (Lipinski definition) is 4. The second-order valence-electron chi connectivity index (χ2n) is 5.63. The molecule has 4 nitrogen and oxygen atoms in total. The number of aliphatic hydroxyl groups is 2. The lowest BCUT2D eigenvalue weighted by atomic mass is 9.92. The minimum atomic E-state index is -0.522. The molecule has 0 amide bonds. The van der Waals surface area contributed by atoms with Crippen molar-refractivity contribution >= 4 is 0 Å². The molecule has 1 aliphatic heterocycles. The fraction of sp³-hybridized carbons (Fsp3) is 0.562. The lowest BCUT2D eigenvalue weighted by Crippen LogP contribution is -2.39. The van der Waals surface area contributed by atoms with Crippen LogP contribution in [0.3, 0.4) is 0 Å². The van der Waals surface area contributed by atoms with Gasteiger partial charge in [0.25, 0.3) is 0 Å². The normalized spacial score (nSPS) is 20.3. The molecule has 1 aliphatic rings. The first-order valence-electron chi connectivity index (χ1n) is 7.18. The molecule has 0 spiro atoms. The molecule has 1 saturated heterocycles. The number of likely N-dealkylation sites (tertiary alicyclic amines) is 1. The summed E-state index contributed by atoms with van der Waals surface area (Å²) in [5, 5.41) is 28.6. The molecular weight excluding hydrogens is 252 g/mol. The van der Waals surface area contributed by atoms with E-state index in [0.29, 0.717) is 18.0 Å². The second kappa shape index (κ2) is 6.85. The number of benzene rings is 1. The average molecular weight is 274 g/mol. The Morgan fingerprint density at radius 3 is 2.35 bits per heavy atom. The van der Waals surface area contributed by atoms with E-state index in [1.54, 1.807) is 12.1 Å². The molecule has 0 aliphatic carbocycles. The minimum Gasteiger partial charge on any atom is -0.393 e. The molecule has 2 atom stereocenters. The van der Waals surface area contributed by atoms with Crippen LogP contribution in [0.5, 0.6) is 0 Å². The Hall–Kier alpha value is -1.41. The molecule has 20 heavy (non-hydrogen) atoms. The molecule has 108 valence electrons. The van der Waals surface area contributed by atoms with E-state index >= 15 is 0 Å². The third kappa shape index (κ3) is 3.80. The van der Waals surface area contributed by atoms with E-state index in [2.05, 4.69) is 11.0 Å². The predicted octanol–water partition coefficient (Wildman–Crippen LogP) is 1.68. The van der Waals surface area contributed by atoms with Crippen LogP contribution in [0.2, 0.25) is 0 Å². The fourth-order valence-electron chi connectivity index (χ4n) is 2.75. The standard InChI is InChI=1S/C16H22N2O2/c1-12(19)14-6-8-18(9-7-14)11-16(20)15-4-2-13(10-17)3-5-15/h2-5,12,14,16,19-20H,6-9,11H2,1H3.